The van der Waals surface area contributed by atoms with Crippen molar-refractivity contribution in [2.24, 2.45) is 0 Å². The molecule has 0 radical (unpaired) electrons. The third kappa shape index (κ3) is 4.92. The first-order valence-electron chi connectivity index (χ1n) is 8.64. The summed E-state index contributed by atoms with van der Waals surface area (Å²) in [5.41, 5.74) is 1.06. The van der Waals surface area contributed by atoms with Crippen molar-refractivity contribution in [3.05, 3.63) is 76.0 Å². The number of hydrogen-bond donors (Lipinski definition) is 0. The molecule has 0 saturated carbocycles. The van der Waals surface area contributed by atoms with E-state index in [9.17, 15) is 27.7 Å². The van der Waals surface area contributed by atoms with Gasteiger partial charge < -0.3 is 0 Å². The quantitative estimate of drug-likeness (QED) is 0.302. The zero-order valence-electron chi connectivity index (χ0n) is 15.0. The van der Waals surface area contributed by atoms with Gasteiger partial charge >= 0.3 is 6.18 Å². The summed E-state index contributed by atoms with van der Waals surface area (Å²) in [4.78, 5) is 19.0. The van der Waals surface area contributed by atoms with Gasteiger partial charge in [-0.05, 0) is 43.2 Å². The molecular formula is C20H15F4N3O2. The van der Waals surface area contributed by atoms with Gasteiger partial charge in [0.1, 0.15) is 0 Å². The van der Waals surface area contributed by atoms with Crippen LogP contribution in [0.3, 0.4) is 0 Å². The van der Waals surface area contributed by atoms with Crippen LogP contribution in [0.15, 0.2) is 54.6 Å². The SMILES string of the molecule is O=[N+]([O-])c1ccc(-c2cc(CCCF)nc(-c3ccc(C(F)(F)F)cc3)n2)cc1. The van der Waals surface area contributed by atoms with Crippen LogP contribution < -0.4 is 0 Å². The molecule has 0 atom stereocenters. The smallest absolute Gasteiger partial charge is 0.258 e. The van der Waals surface area contributed by atoms with Crippen molar-refractivity contribution in [1.29, 1.82) is 0 Å². The average Bonchev–Trinajstić information content (AvgIpc) is 2.71. The lowest BCUT2D eigenvalue weighted by molar-refractivity contribution is -0.384. The fraction of sp³-hybridized carbons (Fsp3) is 0.200. The fourth-order valence-electron chi connectivity index (χ4n) is 2.71. The van der Waals surface area contributed by atoms with E-state index in [4.69, 9.17) is 0 Å². The van der Waals surface area contributed by atoms with Gasteiger partial charge in [0.05, 0.1) is 22.9 Å². The number of aryl methyl sites for hydroxylation is 1. The number of alkyl halides is 4. The van der Waals surface area contributed by atoms with E-state index in [0.29, 0.717) is 28.9 Å². The topological polar surface area (TPSA) is 68.9 Å². The van der Waals surface area contributed by atoms with Gasteiger partial charge in [0.25, 0.3) is 5.69 Å². The van der Waals surface area contributed by atoms with Gasteiger partial charge in [-0.2, -0.15) is 13.2 Å². The van der Waals surface area contributed by atoms with E-state index < -0.39 is 23.3 Å². The molecule has 0 fully saturated rings. The Morgan fingerprint density at radius 3 is 2.10 bits per heavy atom. The Labute approximate surface area is 163 Å². The van der Waals surface area contributed by atoms with E-state index in [-0.39, 0.29) is 17.9 Å². The highest BCUT2D eigenvalue weighted by molar-refractivity contribution is 5.65. The van der Waals surface area contributed by atoms with Crippen LogP contribution in [0.4, 0.5) is 23.2 Å². The molecule has 0 aliphatic heterocycles. The second kappa shape index (κ2) is 8.34. The Kier molecular flexibility index (Phi) is 5.86. The molecule has 29 heavy (non-hydrogen) atoms. The summed E-state index contributed by atoms with van der Waals surface area (Å²) in [6.07, 6.45) is -3.89. The largest absolute Gasteiger partial charge is 0.416 e. The molecule has 3 aromatic rings. The van der Waals surface area contributed by atoms with E-state index in [1.165, 1.54) is 36.4 Å². The van der Waals surface area contributed by atoms with Crippen LogP contribution in [0, 0.1) is 10.1 Å². The molecule has 0 amide bonds. The van der Waals surface area contributed by atoms with Gasteiger partial charge in [-0.3, -0.25) is 14.5 Å². The molecule has 0 saturated heterocycles. The maximum Gasteiger partial charge on any atom is 0.416 e. The molecule has 2 aromatic carbocycles. The maximum absolute atomic E-state index is 12.8. The number of non-ortho nitro benzene ring substituents is 1. The molecule has 0 N–H and O–H groups in total. The fourth-order valence-corrected chi connectivity index (χ4v) is 2.71. The summed E-state index contributed by atoms with van der Waals surface area (Å²) < 4.78 is 50.9. The Bertz CT molecular complexity index is 1000. The minimum absolute atomic E-state index is 0.0802. The minimum Gasteiger partial charge on any atom is -0.258 e. The summed E-state index contributed by atoms with van der Waals surface area (Å²) in [6, 6.07) is 11.8. The Balaban J connectivity index is 2.02. The van der Waals surface area contributed by atoms with E-state index in [1.54, 1.807) is 6.07 Å². The van der Waals surface area contributed by atoms with E-state index >= 15 is 0 Å². The first kappa shape index (κ1) is 20.4. The number of rotatable bonds is 6. The summed E-state index contributed by atoms with van der Waals surface area (Å²) >= 11 is 0. The minimum atomic E-state index is -4.45. The molecule has 3 rings (SSSR count). The summed E-state index contributed by atoms with van der Waals surface area (Å²) in [7, 11) is 0. The molecule has 0 spiro atoms. The second-order valence-corrected chi connectivity index (χ2v) is 6.24. The molecule has 0 bridgehead atoms. The molecule has 9 heteroatoms. The number of benzene rings is 2. The lowest BCUT2D eigenvalue weighted by Crippen LogP contribution is -2.04. The summed E-state index contributed by atoms with van der Waals surface area (Å²) in [5, 5.41) is 10.8. The van der Waals surface area contributed by atoms with Crippen LogP contribution >= 0.6 is 0 Å². The van der Waals surface area contributed by atoms with Crippen molar-refractivity contribution in [2.45, 2.75) is 19.0 Å². The summed E-state index contributed by atoms with van der Waals surface area (Å²) in [5.74, 6) is 0.198. The molecule has 5 nitrogen and oxygen atoms in total. The van der Waals surface area contributed by atoms with Gasteiger partial charge in [0.2, 0.25) is 0 Å². The first-order valence-corrected chi connectivity index (χ1v) is 8.64. The predicted octanol–water partition coefficient (Wildman–Crippen LogP) is 5.64. The van der Waals surface area contributed by atoms with E-state index in [2.05, 4.69) is 9.97 Å². The van der Waals surface area contributed by atoms with Crippen LogP contribution in [-0.4, -0.2) is 21.6 Å². The monoisotopic (exact) mass is 405 g/mol. The molecular weight excluding hydrogens is 390 g/mol. The van der Waals surface area contributed by atoms with Crippen molar-refractivity contribution in [2.75, 3.05) is 6.67 Å². The lowest BCUT2D eigenvalue weighted by atomic mass is 10.1. The van der Waals surface area contributed by atoms with E-state index in [0.717, 1.165) is 12.1 Å². The third-order valence-electron chi connectivity index (χ3n) is 4.19. The second-order valence-electron chi connectivity index (χ2n) is 6.24. The lowest BCUT2D eigenvalue weighted by Gasteiger charge is -2.10. The van der Waals surface area contributed by atoms with Crippen molar-refractivity contribution < 1.29 is 22.5 Å². The van der Waals surface area contributed by atoms with Crippen molar-refractivity contribution >= 4 is 5.69 Å². The Hall–Kier alpha value is -3.36. The molecule has 1 aromatic heterocycles. The molecule has 0 aliphatic carbocycles. The third-order valence-corrected chi connectivity index (χ3v) is 4.19. The normalized spacial score (nSPS) is 11.4. The first-order chi connectivity index (χ1) is 13.8. The predicted molar refractivity (Wildman–Crippen MR) is 98.9 cm³/mol. The van der Waals surface area contributed by atoms with Crippen molar-refractivity contribution in [1.82, 2.24) is 9.97 Å². The average molecular weight is 405 g/mol. The van der Waals surface area contributed by atoms with Gasteiger partial charge in [-0.1, -0.05) is 12.1 Å². The maximum atomic E-state index is 12.8. The van der Waals surface area contributed by atoms with E-state index in [1.807, 2.05) is 0 Å². The van der Waals surface area contributed by atoms with Crippen LogP contribution in [-0.2, 0) is 12.6 Å². The highest BCUT2D eigenvalue weighted by Crippen LogP contribution is 2.31. The number of nitrogens with zero attached hydrogens (tertiary/aromatic N) is 3. The highest BCUT2D eigenvalue weighted by Gasteiger charge is 2.30. The van der Waals surface area contributed by atoms with Crippen LogP contribution in [0.2, 0.25) is 0 Å². The van der Waals surface area contributed by atoms with Gasteiger partial charge in [-0.25, -0.2) is 9.97 Å². The standard InChI is InChI=1S/C20H15F4N3O2/c21-11-1-2-16-12-18(13-5-9-17(10-6-13)27(28)29)26-19(25-16)14-3-7-15(8-4-14)20(22,23)24/h3-10,12H,1-2,11H2. The zero-order valence-corrected chi connectivity index (χ0v) is 15.0. The number of halogens is 4. The van der Waals surface area contributed by atoms with Crippen LogP contribution in [0.1, 0.15) is 17.7 Å². The number of hydrogen-bond acceptors (Lipinski definition) is 4. The highest BCUT2D eigenvalue weighted by atomic mass is 19.4. The summed E-state index contributed by atoms with van der Waals surface area (Å²) in [6.45, 7) is -0.535. The molecule has 0 unspecified atom stereocenters. The Morgan fingerprint density at radius 1 is 0.931 bits per heavy atom. The van der Waals surface area contributed by atoms with Gasteiger partial charge in [0.15, 0.2) is 5.82 Å². The van der Waals surface area contributed by atoms with Gasteiger partial charge in [0, 0.05) is 29.0 Å². The zero-order chi connectivity index (χ0) is 21.0. The van der Waals surface area contributed by atoms with Crippen LogP contribution in [0.25, 0.3) is 22.6 Å². The molecule has 1 heterocycles. The molecule has 0 aliphatic rings. The van der Waals surface area contributed by atoms with Crippen LogP contribution in [0.5, 0.6) is 0 Å². The number of nitro benzene ring substituents is 1. The number of aromatic nitrogens is 2. The van der Waals surface area contributed by atoms with Crippen molar-refractivity contribution in [3.8, 4) is 22.6 Å². The van der Waals surface area contributed by atoms with Gasteiger partial charge in [-0.15, -0.1) is 0 Å². The Morgan fingerprint density at radius 2 is 1.55 bits per heavy atom. The molecule has 150 valence electrons. The number of nitro groups is 1. The van der Waals surface area contributed by atoms with Crippen molar-refractivity contribution in [3.63, 3.8) is 0 Å².